The average molecular weight is 438 g/mol. The molecule has 0 saturated carbocycles. The summed E-state index contributed by atoms with van der Waals surface area (Å²) in [5.74, 6) is 0.224. The summed E-state index contributed by atoms with van der Waals surface area (Å²) in [5, 5.41) is 15.9. The molecule has 0 radical (unpaired) electrons. The minimum absolute atomic E-state index is 0.0991. The Labute approximate surface area is 194 Å². The average Bonchev–Trinajstić information content (AvgIpc) is 3.49. The molecule has 1 aliphatic rings. The van der Waals surface area contributed by atoms with Gasteiger partial charge in [-0.05, 0) is 43.3 Å². The summed E-state index contributed by atoms with van der Waals surface area (Å²) in [4.78, 5) is 21.9. The fourth-order valence-electron chi connectivity index (χ4n) is 3.98. The van der Waals surface area contributed by atoms with Crippen LogP contribution >= 0.6 is 0 Å². The molecule has 0 unspecified atom stereocenters. The summed E-state index contributed by atoms with van der Waals surface area (Å²) in [6.07, 6.45) is 11.0. The highest BCUT2D eigenvalue weighted by molar-refractivity contribution is 6.56. The zero-order chi connectivity index (χ0) is 23.0. The molecule has 5 heterocycles. The number of fused-ring (bicyclic) bond motifs is 1. The van der Waals surface area contributed by atoms with Crippen LogP contribution in [0.5, 0.6) is 0 Å². The maximum absolute atomic E-state index is 12.8. The first-order valence-electron chi connectivity index (χ1n) is 11.3. The Morgan fingerprint density at radius 3 is 2.67 bits per heavy atom. The third-order valence-corrected chi connectivity index (χ3v) is 5.93. The van der Waals surface area contributed by atoms with Gasteiger partial charge in [0.1, 0.15) is 29.4 Å². The van der Waals surface area contributed by atoms with Crippen LogP contribution in [0.1, 0.15) is 29.2 Å². The SMILES string of the molecule is BC(B)(B)n1cc(-c2ccc3cnc(NC(=O)c4cnn(C5CCNCC5)c4)cc3n2)cn1. The predicted molar refractivity (Wildman–Crippen MR) is 136 cm³/mol. The van der Waals surface area contributed by atoms with Gasteiger partial charge in [-0.3, -0.25) is 14.2 Å². The molecule has 33 heavy (non-hydrogen) atoms. The lowest BCUT2D eigenvalue weighted by Gasteiger charge is -2.22. The van der Waals surface area contributed by atoms with E-state index >= 15 is 0 Å². The molecule has 5 rings (SSSR count). The molecule has 164 valence electrons. The number of anilines is 1. The van der Waals surface area contributed by atoms with Crippen molar-refractivity contribution in [3.8, 4) is 11.3 Å². The van der Waals surface area contributed by atoms with E-state index in [1.807, 2.05) is 40.1 Å². The molecule has 1 amide bonds. The molecule has 0 spiro atoms. The monoisotopic (exact) mass is 438 g/mol. The number of nitrogens with zero attached hydrogens (tertiary/aromatic N) is 6. The van der Waals surface area contributed by atoms with Crippen LogP contribution in [-0.4, -0.2) is 72.1 Å². The van der Waals surface area contributed by atoms with Crippen molar-refractivity contribution in [2.24, 2.45) is 0 Å². The number of hydrogen-bond donors (Lipinski definition) is 2. The smallest absolute Gasteiger partial charge is 0.260 e. The highest BCUT2D eigenvalue weighted by atomic mass is 16.1. The van der Waals surface area contributed by atoms with Crippen molar-refractivity contribution >= 4 is 46.2 Å². The molecule has 1 saturated heterocycles. The molecule has 1 aliphatic heterocycles. The number of aromatic nitrogens is 6. The first kappa shape index (κ1) is 21.5. The van der Waals surface area contributed by atoms with E-state index in [1.54, 1.807) is 18.5 Å². The van der Waals surface area contributed by atoms with E-state index in [4.69, 9.17) is 4.98 Å². The fraction of sp³-hybridized carbons (Fsp3) is 0.286. The number of carbonyl (C=O) groups excluding carboxylic acids is 1. The third-order valence-electron chi connectivity index (χ3n) is 5.93. The molecule has 1 fully saturated rings. The normalized spacial score (nSPS) is 15.0. The van der Waals surface area contributed by atoms with Crippen LogP contribution in [0.15, 0.2) is 49.2 Å². The Hall–Kier alpha value is -3.40. The van der Waals surface area contributed by atoms with Gasteiger partial charge in [0.2, 0.25) is 0 Å². The Morgan fingerprint density at radius 2 is 1.91 bits per heavy atom. The van der Waals surface area contributed by atoms with E-state index in [0.717, 1.165) is 48.1 Å². The van der Waals surface area contributed by atoms with E-state index in [9.17, 15) is 4.79 Å². The van der Waals surface area contributed by atoms with Crippen molar-refractivity contribution in [1.29, 1.82) is 0 Å². The number of hydrogen-bond acceptors (Lipinski definition) is 6. The van der Waals surface area contributed by atoms with E-state index < -0.39 is 0 Å². The second-order valence-electron chi connectivity index (χ2n) is 9.45. The van der Waals surface area contributed by atoms with Crippen LogP contribution in [0.25, 0.3) is 22.2 Å². The molecule has 0 bridgehead atoms. The lowest BCUT2D eigenvalue weighted by atomic mass is 9.49. The van der Waals surface area contributed by atoms with Gasteiger partial charge >= 0.3 is 0 Å². The van der Waals surface area contributed by atoms with E-state index in [2.05, 4.69) is 49.4 Å². The molecule has 0 aromatic carbocycles. The molecular weight excluding hydrogens is 413 g/mol. The van der Waals surface area contributed by atoms with E-state index in [-0.39, 0.29) is 11.1 Å². The van der Waals surface area contributed by atoms with Gasteiger partial charge in [0.25, 0.3) is 5.91 Å². The quantitative estimate of drug-likeness (QED) is 0.402. The lowest BCUT2D eigenvalue weighted by molar-refractivity contribution is 0.102. The first-order chi connectivity index (χ1) is 15.9. The molecule has 2 N–H and O–H groups in total. The number of carbonyl (C=O) groups is 1. The van der Waals surface area contributed by atoms with Crippen LogP contribution in [-0.2, 0) is 5.24 Å². The highest BCUT2D eigenvalue weighted by Crippen LogP contribution is 2.23. The van der Waals surface area contributed by atoms with Crippen molar-refractivity contribution in [2.75, 3.05) is 18.4 Å². The van der Waals surface area contributed by atoms with Crippen LogP contribution in [0.2, 0.25) is 0 Å². The van der Waals surface area contributed by atoms with Gasteiger partial charge in [-0.25, -0.2) is 9.97 Å². The predicted octanol–water partition coefficient (Wildman–Crippen LogP) is -0.666. The summed E-state index contributed by atoms with van der Waals surface area (Å²) < 4.78 is 3.82. The Balaban J connectivity index is 1.35. The number of piperidine rings is 1. The van der Waals surface area contributed by atoms with E-state index in [0.29, 0.717) is 17.4 Å². The maximum Gasteiger partial charge on any atom is 0.260 e. The zero-order valence-corrected chi connectivity index (χ0v) is 19.1. The fourth-order valence-corrected chi connectivity index (χ4v) is 3.98. The summed E-state index contributed by atoms with van der Waals surface area (Å²) in [5.41, 5.74) is 3.04. The van der Waals surface area contributed by atoms with Gasteiger partial charge < -0.3 is 10.6 Å². The standard InChI is InChI=1S/C21H25B3N8O/c22-21(23,24)32-12-14(9-28-32)17-2-1-13-8-26-19(7-18(13)29-17)30-20(33)15-10-27-31(11-15)16-3-5-25-6-4-16/h1-2,7-12,16,25H,3-6,22-24H2,(H,26,30,33). The number of amides is 1. The Bertz CT molecular complexity index is 1310. The molecule has 4 aromatic rings. The second kappa shape index (κ2) is 8.51. The lowest BCUT2D eigenvalue weighted by Crippen LogP contribution is -2.35. The van der Waals surface area contributed by atoms with Gasteiger partial charge in [-0.2, -0.15) is 10.2 Å². The van der Waals surface area contributed by atoms with Crippen LogP contribution in [0.4, 0.5) is 5.82 Å². The molecule has 4 aromatic heterocycles. The van der Waals surface area contributed by atoms with E-state index in [1.165, 1.54) is 0 Å². The van der Waals surface area contributed by atoms with Gasteiger partial charge in [0.15, 0.2) is 0 Å². The van der Waals surface area contributed by atoms with Gasteiger partial charge in [0, 0.05) is 35.6 Å². The number of pyridine rings is 2. The van der Waals surface area contributed by atoms with Crippen molar-refractivity contribution in [2.45, 2.75) is 24.1 Å². The minimum Gasteiger partial charge on any atom is -0.317 e. The highest BCUT2D eigenvalue weighted by Gasteiger charge is 2.18. The first-order valence-corrected chi connectivity index (χ1v) is 11.3. The van der Waals surface area contributed by atoms with Crippen molar-refractivity contribution < 1.29 is 4.79 Å². The second-order valence-corrected chi connectivity index (χ2v) is 9.45. The molecular formula is C21H25B3N8O. The Kier molecular flexibility index (Phi) is 5.53. The zero-order valence-electron chi connectivity index (χ0n) is 19.1. The maximum atomic E-state index is 12.8. The van der Waals surface area contributed by atoms with Crippen molar-refractivity contribution in [3.05, 3.63) is 54.7 Å². The van der Waals surface area contributed by atoms with Crippen LogP contribution in [0.3, 0.4) is 0 Å². The number of rotatable bonds is 5. The van der Waals surface area contributed by atoms with Gasteiger partial charge in [0.05, 0.1) is 35.2 Å². The van der Waals surface area contributed by atoms with Crippen LogP contribution < -0.4 is 10.6 Å². The van der Waals surface area contributed by atoms with Gasteiger partial charge in [-0.1, -0.05) is 0 Å². The molecule has 0 atom stereocenters. The molecule has 9 nitrogen and oxygen atoms in total. The Morgan fingerprint density at radius 1 is 1.09 bits per heavy atom. The van der Waals surface area contributed by atoms with Gasteiger partial charge in [-0.15, -0.1) is 0 Å². The summed E-state index contributed by atoms with van der Waals surface area (Å²) in [7, 11) is 6.32. The van der Waals surface area contributed by atoms with Crippen LogP contribution in [0, 0.1) is 0 Å². The molecule has 0 aliphatic carbocycles. The summed E-state index contributed by atoms with van der Waals surface area (Å²) >= 11 is 0. The van der Waals surface area contributed by atoms with Crippen molar-refractivity contribution in [3.63, 3.8) is 0 Å². The van der Waals surface area contributed by atoms with Crippen molar-refractivity contribution in [1.82, 2.24) is 34.8 Å². The third kappa shape index (κ3) is 4.56. The topological polar surface area (TPSA) is 103 Å². The molecule has 12 heteroatoms. The minimum atomic E-state index is -0.232. The summed E-state index contributed by atoms with van der Waals surface area (Å²) in [6, 6.07) is 6.06. The summed E-state index contributed by atoms with van der Waals surface area (Å²) in [6.45, 7) is 1.94. The largest absolute Gasteiger partial charge is 0.317 e. The number of nitrogens with one attached hydrogen (secondary N) is 2.